The van der Waals surface area contributed by atoms with Gasteiger partial charge in [-0.15, -0.1) is 0 Å². The van der Waals surface area contributed by atoms with Crippen LogP contribution < -0.4 is 5.32 Å². The number of benzene rings is 2. The average Bonchev–Trinajstić information content (AvgIpc) is 2.62. The highest BCUT2D eigenvalue weighted by atomic mass is 16.6. The summed E-state index contributed by atoms with van der Waals surface area (Å²) in [4.78, 5) is 24.3. The molecule has 0 radical (unpaired) electrons. The molecule has 1 amide bonds. The Hall–Kier alpha value is -3.02. The molecule has 25 heavy (non-hydrogen) atoms. The third kappa shape index (κ3) is 5.24. The van der Waals surface area contributed by atoms with Gasteiger partial charge in [0.1, 0.15) is 17.9 Å². The fourth-order valence-corrected chi connectivity index (χ4v) is 2.40. The van der Waals surface area contributed by atoms with Crippen LogP contribution in [0.5, 0.6) is 5.75 Å². The number of amides is 1. The minimum atomic E-state index is -1.29. The molecule has 2 N–H and O–H groups in total. The van der Waals surface area contributed by atoms with Crippen LogP contribution in [0.2, 0.25) is 0 Å². The fourth-order valence-electron chi connectivity index (χ4n) is 2.40. The number of ether oxygens (including phenoxy) is 2. The summed E-state index contributed by atoms with van der Waals surface area (Å²) in [5, 5.41) is 11.9. The van der Waals surface area contributed by atoms with Crippen molar-refractivity contribution in [2.75, 3.05) is 7.11 Å². The highest BCUT2D eigenvalue weighted by Crippen LogP contribution is 2.18. The number of methoxy groups -OCH3 is 1. The van der Waals surface area contributed by atoms with E-state index >= 15 is 0 Å². The lowest BCUT2D eigenvalue weighted by Crippen LogP contribution is -2.54. The Bertz CT molecular complexity index is 714. The summed E-state index contributed by atoms with van der Waals surface area (Å²) in [6, 6.07) is 15.6. The van der Waals surface area contributed by atoms with Crippen LogP contribution >= 0.6 is 0 Å². The Morgan fingerprint density at radius 3 is 2.28 bits per heavy atom. The van der Waals surface area contributed by atoms with Crippen LogP contribution in [0.25, 0.3) is 0 Å². The van der Waals surface area contributed by atoms with E-state index in [2.05, 4.69) is 5.32 Å². The Labute approximate surface area is 146 Å². The monoisotopic (exact) mass is 343 g/mol. The van der Waals surface area contributed by atoms with Crippen molar-refractivity contribution in [3.63, 3.8) is 0 Å². The van der Waals surface area contributed by atoms with Gasteiger partial charge < -0.3 is 19.9 Å². The number of carbonyl (C=O) groups excluding carboxylic acids is 2. The summed E-state index contributed by atoms with van der Waals surface area (Å²) in [6.45, 7) is 1.67. The zero-order valence-electron chi connectivity index (χ0n) is 14.2. The molecule has 0 saturated carbocycles. The second-order valence-corrected chi connectivity index (χ2v) is 5.85. The second kappa shape index (κ2) is 8.19. The zero-order chi connectivity index (χ0) is 18.3. The molecule has 0 aliphatic heterocycles. The molecule has 0 spiro atoms. The summed E-state index contributed by atoms with van der Waals surface area (Å²) < 4.78 is 9.99. The van der Waals surface area contributed by atoms with Crippen molar-refractivity contribution in [1.82, 2.24) is 5.32 Å². The van der Waals surface area contributed by atoms with E-state index < -0.39 is 17.6 Å². The van der Waals surface area contributed by atoms with Crippen LogP contribution in [0.4, 0.5) is 4.79 Å². The number of phenolic OH excluding ortho intramolecular Hbond substituents is 1. The summed E-state index contributed by atoms with van der Waals surface area (Å²) in [6.07, 6.45) is -0.518. The highest BCUT2D eigenvalue weighted by Gasteiger charge is 2.37. The fraction of sp³-hybridized carbons (Fsp3) is 0.263. The summed E-state index contributed by atoms with van der Waals surface area (Å²) in [5.41, 5.74) is 0.310. The van der Waals surface area contributed by atoms with E-state index in [4.69, 9.17) is 9.47 Å². The molecule has 0 unspecified atom stereocenters. The molecular weight excluding hydrogens is 322 g/mol. The lowest BCUT2D eigenvalue weighted by atomic mass is 9.93. The molecule has 6 heteroatoms. The Kier molecular flexibility index (Phi) is 6.00. The molecule has 132 valence electrons. The lowest BCUT2D eigenvalue weighted by molar-refractivity contribution is -0.147. The predicted octanol–water partition coefficient (Wildman–Crippen LogP) is 2.79. The number of alkyl carbamates (subject to hydrolysis) is 1. The quantitative estimate of drug-likeness (QED) is 0.788. The van der Waals surface area contributed by atoms with Gasteiger partial charge >= 0.3 is 12.1 Å². The van der Waals surface area contributed by atoms with Crippen molar-refractivity contribution in [2.45, 2.75) is 25.5 Å². The van der Waals surface area contributed by atoms with E-state index in [0.29, 0.717) is 0 Å². The Morgan fingerprint density at radius 2 is 1.68 bits per heavy atom. The first kappa shape index (κ1) is 18.3. The van der Waals surface area contributed by atoms with Crippen LogP contribution in [-0.2, 0) is 27.3 Å². The van der Waals surface area contributed by atoms with Gasteiger partial charge in [-0.25, -0.2) is 9.59 Å². The molecular formula is C19H21NO5. The van der Waals surface area contributed by atoms with E-state index in [-0.39, 0.29) is 18.8 Å². The van der Waals surface area contributed by atoms with Gasteiger partial charge in [0.15, 0.2) is 0 Å². The number of nitrogens with one attached hydrogen (secondary N) is 1. The van der Waals surface area contributed by atoms with E-state index in [1.165, 1.54) is 19.2 Å². The molecule has 2 aromatic rings. The number of hydrogen-bond donors (Lipinski definition) is 2. The maximum absolute atomic E-state index is 12.2. The van der Waals surface area contributed by atoms with E-state index in [0.717, 1.165) is 11.1 Å². The minimum Gasteiger partial charge on any atom is -0.508 e. The van der Waals surface area contributed by atoms with Crippen LogP contribution in [0.15, 0.2) is 54.6 Å². The number of esters is 1. The van der Waals surface area contributed by atoms with E-state index in [9.17, 15) is 14.7 Å². The topological polar surface area (TPSA) is 84.9 Å². The van der Waals surface area contributed by atoms with Crippen molar-refractivity contribution in [3.05, 3.63) is 65.7 Å². The summed E-state index contributed by atoms with van der Waals surface area (Å²) >= 11 is 0. The van der Waals surface area contributed by atoms with Gasteiger partial charge in [0.2, 0.25) is 0 Å². The number of rotatable bonds is 6. The van der Waals surface area contributed by atoms with Gasteiger partial charge in [-0.1, -0.05) is 42.5 Å². The number of aromatic hydroxyl groups is 1. The standard InChI is InChI=1S/C19H21NO5/c1-19(17(22)24-2,12-14-8-10-16(21)11-9-14)20-18(23)25-13-15-6-4-3-5-7-15/h3-11,21H,12-13H2,1-2H3,(H,20,23)/t19-/m0/s1. The molecule has 0 saturated heterocycles. The molecule has 0 aliphatic carbocycles. The van der Waals surface area contributed by atoms with Gasteiger partial charge in [0, 0.05) is 6.42 Å². The molecule has 0 aliphatic rings. The number of hydrogen-bond acceptors (Lipinski definition) is 5. The van der Waals surface area contributed by atoms with Gasteiger partial charge in [-0.3, -0.25) is 0 Å². The molecule has 0 aromatic heterocycles. The number of phenols is 1. The van der Waals surface area contributed by atoms with Crippen LogP contribution in [0.3, 0.4) is 0 Å². The first-order valence-corrected chi connectivity index (χ1v) is 7.78. The van der Waals surface area contributed by atoms with Gasteiger partial charge in [-0.2, -0.15) is 0 Å². The third-order valence-electron chi connectivity index (χ3n) is 3.72. The Balaban J connectivity index is 2.04. The Morgan fingerprint density at radius 1 is 1.04 bits per heavy atom. The summed E-state index contributed by atoms with van der Waals surface area (Å²) in [7, 11) is 1.26. The summed E-state index contributed by atoms with van der Waals surface area (Å²) in [5.74, 6) is -0.462. The first-order valence-electron chi connectivity index (χ1n) is 7.78. The van der Waals surface area contributed by atoms with Crippen molar-refractivity contribution in [2.24, 2.45) is 0 Å². The van der Waals surface area contributed by atoms with Gasteiger partial charge in [0.05, 0.1) is 7.11 Å². The first-order chi connectivity index (χ1) is 11.9. The minimum absolute atomic E-state index is 0.100. The zero-order valence-corrected chi connectivity index (χ0v) is 14.2. The largest absolute Gasteiger partial charge is 0.508 e. The average molecular weight is 343 g/mol. The molecule has 0 fully saturated rings. The van der Waals surface area contributed by atoms with Crippen molar-refractivity contribution in [3.8, 4) is 5.75 Å². The molecule has 6 nitrogen and oxygen atoms in total. The van der Waals surface area contributed by atoms with E-state index in [1.807, 2.05) is 30.3 Å². The predicted molar refractivity (Wildman–Crippen MR) is 92.0 cm³/mol. The maximum atomic E-state index is 12.2. The maximum Gasteiger partial charge on any atom is 0.408 e. The molecule has 2 aromatic carbocycles. The van der Waals surface area contributed by atoms with Crippen molar-refractivity contribution in [1.29, 1.82) is 0 Å². The normalized spacial score (nSPS) is 12.7. The van der Waals surface area contributed by atoms with Crippen LogP contribution in [-0.4, -0.2) is 29.8 Å². The molecule has 2 rings (SSSR count). The second-order valence-electron chi connectivity index (χ2n) is 5.85. The van der Waals surface area contributed by atoms with Gasteiger partial charge in [0.25, 0.3) is 0 Å². The van der Waals surface area contributed by atoms with Crippen molar-refractivity contribution >= 4 is 12.1 Å². The SMILES string of the molecule is COC(=O)[C@](C)(Cc1ccc(O)cc1)NC(=O)OCc1ccccc1. The highest BCUT2D eigenvalue weighted by molar-refractivity contribution is 5.85. The smallest absolute Gasteiger partial charge is 0.408 e. The molecule has 0 heterocycles. The molecule has 0 bridgehead atoms. The van der Waals surface area contributed by atoms with Crippen molar-refractivity contribution < 1.29 is 24.2 Å². The van der Waals surface area contributed by atoms with E-state index in [1.54, 1.807) is 19.1 Å². The van der Waals surface area contributed by atoms with Gasteiger partial charge in [-0.05, 0) is 30.2 Å². The number of carbonyl (C=O) groups is 2. The van der Waals surface area contributed by atoms with Crippen LogP contribution in [0.1, 0.15) is 18.1 Å². The third-order valence-corrected chi connectivity index (χ3v) is 3.72. The lowest BCUT2D eigenvalue weighted by Gasteiger charge is -2.27. The molecule has 1 atom stereocenters. The van der Waals surface area contributed by atoms with Crippen LogP contribution in [0, 0.1) is 0 Å².